The third-order valence-electron chi connectivity index (χ3n) is 8.09. The molecule has 2 fully saturated rings. The number of methoxy groups -OCH3 is 1. The summed E-state index contributed by atoms with van der Waals surface area (Å²) in [5, 5.41) is 14.4. The molecule has 1 amide bonds. The summed E-state index contributed by atoms with van der Waals surface area (Å²) in [4.78, 5) is 41.7. The van der Waals surface area contributed by atoms with Crippen LogP contribution in [0.3, 0.4) is 0 Å². The Balaban J connectivity index is 1.59. The number of ketones is 1. The van der Waals surface area contributed by atoms with E-state index >= 15 is 0 Å². The molecule has 2 saturated heterocycles. The predicted octanol–water partition coefficient (Wildman–Crippen LogP) is 5.27. The molecule has 1 spiro atoms. The van der Waals surface area contributed by atoms with Crippen LogP contribution >= 0.6 is 15.9 Å². The quantitative estimate of drug-likeness (QED) is 0.258. The zero-order chi connectivity index (χ0) is 25.9. The highest BCUT2D eigenvalue weighted by Gasteiger charge is 2.69. The van der Waals surface area contributed by atoms with Gasteiger partial charge in [-0.05, 0) is 55.3 Å². The molecule has 6 rings (SSSR count). The zero-order valence-electron chi connectivity index (χ0n) is 20.0. The number of benzene rings is 3. The van der Waals surface area contributed by atoms with Gasteiger partial charge in [-0.1, -0.05) is 40.2 Å². The number of halogens is 1. The van der Waals surface area contributed by atoms with E-state index in [1.807, 2.05) is 18.2 Å². The summed E-state index contributed by atoms with van der Waals surface area (Å²) in [5.41, 5.74) is 1.55. The molecule has 3 unspecified atom stereocenters. The standard InChI is InChI=1S/C28H24BrN3O5/c1-37-20-5-2-4-17(14-20)26(33)25-24(16-7-10-19(11-8-16)32(35)36)23-6-3-13-31(23)28(25)21-15-18(29)9-12-22(21)30-27(28)34/h2,4-5,7-12,14-15,23-25H,3,6,13H2,1H3,(H,30,34)/t23?,24?,25?,28-/m1/s1. The molecule has 4 atom stereocenters. The van der Waals surface area contributed by atoms with Crippen molar-refractivity contribution < 1.29 is 19.2 Å². The number of carbonyl (C=O) groups is 2. The Kier molecular flexibility index (Phi) is 5.65. The molecule has 8 nitrogen and oxygen atoms in total. The topological polar surface area (TPSA) is 102 Å². The molecule has 0 bridgehead atoms. The van der Waals surface area contributed by atoms with Crippen LogP contribution in [0.4, 0.5) is 11.4 Å². The highest BCUT2D eigenvalue weighted by Crippen LogP contribution is 2.61. The summed E-state index contributed by atoms with van der Waals surface area (Å²) in [6.45, 7) is 0.676. The Morgan fingerprint density at radius 3 is 2.68 bits per heavy atom. The second-order valence-electron chi connectivity index (χ2n) is 9.76. The predicted molar refractivity (Wildman–Crippen MR) is 141 cm³/mol. The molecule has 0 aliphatic carbocycles. The lowest BCUT2D eigenvalue weighted by Crippen LogP contribution is -2.52. The molecular weight excluding hydrogens is 538 g/mol. The SMILES string of the molecule is COc1cccc(C(=O)C2C(c3ccc([N+](=O)[O-])cc3)C3CCCN3[C@@]23C(=O)Nc2ccc(Br)cc23)c1. The number of amides is 1. The molecule has 37 heavy (non-hydrogen) atoms. The number of ether oxygens (including phenoxy) is 1. The van der Waals surface area contributed by atoms with Gasteiger partial charge >= 0.3 is 0 Å². The van der Waals surface area contributed by atoms with Crippen LogP contribution in [0.15, 0.2) is 71.2 Å². The second-order valence-corrected chi connectivity index (χ2v) is 10.7. The summed E-state index contributed by atoms with van der Waals surface area (Å²) in [5.74, 6) is -0.887. The molecule has 9 heteroatoms. The number of fused-ring (bicyclic) bond motifs is 4. The van der Waals surface area contributed by atoms with E-state index in [-0.39, 0.29) is 29.3 Å². The molecule has 3 aliphatic rings. The number of rotatable bonds is 5. The van der Waals surface area contributed by atoms with E-state index < -0.39 is 16.4 Å². The molecule has 3 aliphatic heterocycles. The first-order chi connectivity index (χ1) is 17.9. The van der Waals surface area contributed by atoms with Gasteiger partial charge in [0.1, 0.15) is 11.3 Å². The number of nitrogens with one attached hydrogen (secondary N) is 1. The van der Waals surface area contributed by atoms with Gasteiger partial charge in [-0.2, -0.15) is 0 Å². The van der Waals surface area contributed by atoms with Crippen molar-refractivity contribution in [3.63, 3.8) is 0 Å². The Labute approximate surface area is 221 Å². The van der Waals surface area contributed by atoms with Crippen LogP contribution in [-0.4, -0.2) is 41.2 Å². The fourth-order valence-corrected chi connectivity index (χ4v) is 7.04. The van der Waals surface area contributed by atoms with E-state index in [4.69, 9.17) is 4.74 Å². The van der Waals surface area contributed by atoms with Gasteiger partial charge in [-0.3, -0.25) is 24.6 Å². The molecule has 0 radical (unpaired) electrons. The Bertz CT molecular complexity index is 1440. The molecule has 188 valence electrons. The van der Waals surface area contributed by atoms with Gasteiger partial charge in [0.15, 0.2) is 5.78 Å². The number of hydrogen-bond acceptors (Lipinski definition) is 6. The van der Waals surface area contributed by atoms with E-state index in [0.29, 0.717) is 23.5 Å². The van der Waals surface area contributed by atoms with Crippen molar-refractivity contribution in [1.82, 2.24) is 4.90 Å². The van der Waals surface area contributed by atoms with E-state index in [0.717, 1.165) is 28.4 Å². The first-order valence-electron chi connectivity index (χ1n) is 12.2. The van der Waals surface area contributed by atoms with Crippen molar-refractivity contribution in [3.05, 3.63) is 98.0 Å². The number of Topliss-reactive ketones (excluding diaryl/α,β-unsaturated/α-hetero) is 1. The van der Waals surface area contributed by atoms with Gasteiger partial charge in [0.05, 0.1) is 18.0 Å². The van der Waals surface area contributed by atoms with Gasteiger partial charge < -0.3 is 10.1 Å². The highest BCUT2D eigenvalue weighted by molar-refractivity contribution is 9.10. The van der Waals surface area contributed by atoms with Crippen LogP contribution < -0.4 is 10.1 Å². The number of nitrogens with zero attached hydrogens (tertiary/aromatic N) is 2. The number of nitro benzene ring substituents is 1. The number of nitro groups is 1. The van der Waals surface area contributed by atoms with Gasteiger partial charge in [-0.15, -0.1) is 0 Å². The summed E-state index contributed by atoms with van der Waals surface area (Å²) < 4.78 is 6.21. The van der Waals surface area contributed by atoms with Crippen molar-refractivity contribution in [3.8, 4) is 5.75 Å². The molecule has 3 aromatic rings. The fourth-order valence-electron chi connectivity index (χ4n) is 6.68. The van der Waals surface area contributed by atoms with Crippen LogP contribution in [0.2, 0.25) is 0 Å². The number of non-ortho nitro benzene ring substituents is 1. The Morgan fingerprint density at radius 1 is 1.16 bits per heavy atom. The van der Waals surface area contributed by atoms with Gasteiger partial charge in [0.25, 0.3) is 5.69 Å². The summed E-state index contributed by atoms with van der Waals surface area (Å²) in [7, 11) is 1.55. The maximum absolute atomic E-state index is 14.5. The lowest BCUT2D eigenvalue weighted by atomic mass is 9.69. The first-order valence-corrected chi connectivity index (χ1v) is 13.0. The van der Waals surface area contributed by atoms with E-state index in [2.05, 4.69) is 26.1 Å². The van der Waals surface area contributed by atoms with Crippen LogP contribution in [0.25, 0.3) is 0 Å². The minimum Gasteiger partial charge on any atom is -0.497 e. The van der Waals surface area contributed by atoms with Crippen molar-refractivity contribution >= 4 is 39.0 Å². The van der Waals surface area contributed by atoms with Crippen molar-refractivity contribution in [2.24, 2.45) is 5.92 Å². The van der Waals surface area contributed by atoms with Gasteiger partial charge in [0, 0.05) is 45.4 Å². The van der Waals surface area contributed by atoms with Crippen LogP contribution in [-0.2, 0) is 10.3 Å². The smallest absolute Gasteiger partial charge is 0.269 e. The lowest BCUT2D eigenvalue weighted by Gasteiger charge is -2.37. The fraction of sp³-hybridized carbons (Fsp3) is 0.286. The maximum atomic E-state index is 14.5. The number of anilines is 1. The number of carbonyl (C=O) groups excluding carboxylic acids is 2. The highest BCUT2D eigenvalue weighted by atomic mass is 79.9. The van der Waals surface area contributed by atoms with E-state index in [1.165, 1.54) is 12.1 Å². The Morgan fingerprint density at radius 2 is 1.95 bits per heavy atom. The normalized spacial score (nSPS) is 26.1. The van der Waals surface area contributed by atoms with Crippen molar-refractivity contribution in [2.75, 3.05) is 19.0 Å². The maximum Gasteiger partial charge on any atom is 0.269 e. The van der Waals surface area contributed by atoms with Crippen molar-refractivity contribution in [1.29, 1.82) is 0 Å². The number of hydrogen-bond donors (Lipinski definition) is 1. The zero-order valence-corrected chi connectivity index (χ0v) is 21.6. The summed E-state index contributed by atoms with van der Waals surface area (Å²) in [6, 6.07) is 19.0. The van der Waals surface area contributed by atoms with E-state index in [1.54, 1.807) is 43.5 Å². The monoisotopic (exact) mass is 561 g/mol. The minimum absolute atomic E-state index is 0.0108. The molecule has 3 aromatic carbocycles. The van der Waals surface area contributed by atoms with Crippen LogP contribution in [0, 0.1) is 16.0 Å². The average molecular weight is 562 g/mol. The molecule has 0 aromatic heterocycles. The van der Waals surface area contributed by atoms with E-state index in [9.17, 15) is 19.7 Å². The Hall–Kier alpha value is -3.56. The third kappa shape index (κ3) is 3.44. The lowest BCUT2D eigenvalue weighted by molar-refractivity contribution is -0.384. The summed E-state index contributed by atoms with van der Waals surface area (Å²) >= 11 is 3.57. The molecule has 3 heterocycles. The van der Waals surface area contributed by atoms with Crippen LogP contribution in [0.1, 0.15) is 40.2 Å². The second kappa shape index (κ2) is 8.78. The van der Waals surface area contributed by atoms with Crippen LogP contribution in [0.5, 0.6) is 5.75 Å². The molecule has 0 saturated carbocycles. The molecule has 1 N–H and O–H groups in total. The largest absolute Gasteiger partial charge is 0.497 e. The summed E-state index contributed by atoms with van der Waals surface area (Å²) in [6.07, 6.45) is 1.72. The third-order valence-corrected chi connectivity index (χ3v) is 8.58. The average Bonchev–Trinajstić information content (AvgIpc) is 3.57. The first kappa shape index (κ1) is 23.8. The molecular formula is C28H24BrN3O5. The van der Waals surface area contributed by atoms with Gasteiger partial charge in [0.2, 0.25) is 5.91 Å². The van der Waals surface area contributed by atoms with Crippen molar-refractivity contribution in [2.45, 2.75) is 30.3 Å². The van der Waals surface area contributed by atoms with Gasteiger partial charge in [-0.25, -0.2) is 0 Å². The minimum atomic E-state index is -1.20.